The van der Waals surface area contributed by atoms with Gasteiger partial charge in [-0.15, -0.1) is 0 Å². The molecule has 0 aliphatic heterocycles. The quantitative estimate of drug-likeness (QED) is 0.861. The summed E-state index contributed by atoms with van der Waals surface area (Å²) in [4.78, 5) is 11.1. The monoisotopic (exact) mass is 246 g/mol. The van der Waals surface area contributed by atoms with Crippen LogP contribution in [0.25, 0.3) is 0 Å². The molecule has 6 heteroatoms. The van der Waals surface area contributed by atoms with E-state index in [1.807, 2.05) is 0 Å². The van der Waals surface area contributed by atoms with Gasteiger partial charge < -0.3 is 11.1 Å². The van der Waals surface area contributed by atoms with E-state index in [1.54, 1.807) is 6.92 Å². The average molecular weight is 246 g/mol. The van der Waals surface area contributed by atoms with Crippen molar-refractivity contribution in [3.8, 4) is 0 Å². The Morgan fingerprint density at radius 3 is 2.47 bits per heavy atom. The number of rotatable bonds is 3. The van der Waals surface area contributed by atoms with E-state index in [0.717, 1.165) is 12.1 Å². The van der Waals surface area contributed by atoms with Crippen molar-refractivity contribution in [2.45, 2.75) is 26.1 Å². The Morgan fingerprint density at radius 2 is 2.00 bits per heavy atom. The average Bonchev–Trinajstić information content (AvgIpc) is 2.27. The SMILES string of the molecule is CCC(=O)Nc1cc(CN)cc(C(F)(F)F)c1. The van der Waals surface area contributed by atoms with Crippen LogP contribution in [0.4, 0.5) is 18.9 Å². The maximum atomic E-state index is 12.6. The second-order valence-corrected chi connectivity index (χ2v) is 3.52. The molecule has 17 heavy (non-hydrogen) atoms. The molecule has 3 nitrogen and oxygen atoms in total. The highest BCUT2D eigenvalue weighted by molar-refractivity contribution is 5.90. The molecule has 0 radical (unpaired) electrons. The highest BCUT2D eigenvalue weighted by Gasteiger charge is 2.31. The molecule has 0 saturated carbocycles. The number of alkyl halides is 3. The van der Waals surface area contributed by atoms with Gasteiger partial charge in [0.05, 0.1) is 5.56 Å². The lowest BCUT2D eigenvalue weighted by Gasteiger charge is -2.12. The standard InChI is InChI=1S/C11H13F3N2O/c1-2-10(17)16-9-4-7(6-15)3-8(5-9)11(12,13)14/h3-5H,2,6,15H2,1H3,(H,16,17). The second kappa shape index (κ2) is 5.18. The third-order valence-electron chi connectivity index (χ3n) is 2.16. The summed E-state index contributed by atoms with van der Waals surface area (Å²) in [7, 11) is 0. The lowest BCUT2D eigenvalue weighted by atomic mass is 10.1. The second-order valence-electron chi connectivity index (χ2n) is 3.52. The number of hydrogen-bond acceptors (Lipinski definition) is 2. The van der Waals surface area contributed by atoms with Crippen LogP contribution in [0.3, 0.4) is 0 Å². The van der Waals surface area contributed by atoms with Gasteiger partial charge in [-0.3, -0.25) is 4.79 Å². The predicted octanol–water partition coefficient (Wildman–Crippen LogP) is 2.51. The summed E-state index contributed by atoms with van der Waals surface area (Å²) in [5.74, 6) is -0.340. The number of carbonyl (C=O) groups is 1. The zero-order chi connectivity index (χ0) is 13.1. The minimum atomic E-state index is -4.45. The molecular formula is C11H13F3N2O. The van der Waals surface area contributed by atoms with Gasteiger partial charge in [-0.2, -0.15) is 13.2 Å². The molecule has 0 saturated heterocycles. The molecular weight excluding hydrogens is 233 g/mol. The van der Waals surface area contributed by atoms with E-state index in [-0.39, 0.29) is 24.6 Å². The van der Waals surface area contributed by atoms with Gasteiger partial charge in [0.1, 0.15) is 0 Å². The molecule has 94 valence electrons. The fraction of sp³-hybridized carbons (Fsp3) is 0.364. The van der Waals surface area contributed by atoms with Crippen molar-refractivity contribution >= 4 is 11.6 Å². The van der Waals surface area contributed by atoms with Gasteiger partial charge in [0.15, 0.2) is 0 Å². The Morgan fingerprint density at radius 1 is 1.35 bits per heavy atom. The summed E-state index contributed by atoms with van der Waals surface area (Å²) >= 11 is 0. The van der Waals surface area contributed by atoms with Crippen LogP contribution in [0.2, 0.25) is 0 Å². The Hall–Kier alpha value is -1.56. The predicted molar refractivity (Wildman–Crippen MR) is 58.3 cm³/mol. The summed E-state index contributed by atoms with van der Waals surface area (Å²) in [5, 5.41) is 2.38. The number of carbonyl (C=O) groups excluding carboxylic acids is 1. The molecule has 0 heterocycles. The third kappa shape index (κ3) is 3.74. The molecule has 1 aromatic rings. The van der Waals surface area contributed by atoms with Gasteiger partial charge in [0.25, 0.3) is 0 Å². The fourth-order valence-electron chi connectivity index (χ4n) is 1.30. The highest BCUT2D eigenvalue weighted by Crippen LogP contribution is 2.31. The molecule has 0 aliphatic carbocycles. The Labute approximate surface area is 96.8 Å². The molecule has 0 aliphatic rings. The van der Waals surface area contributed by atoms with Crippen LogP contribution in [-0.2, 0) is 17.5 Å². The van der Waals surface area contributed by atoms with Crippen molar-refractivity contribution in [3.63, 3.8) is 0 Å². The molecule has 1 aromatic carbocycles. The Balaban J connectivity index is 3.10. The van der Waals surface area contributed by atoms with E-state index in [4.69, 9.17) is 5.73 Å². The highest BCUT2D eigenvalue weighted by atomic mass is 19.4. The van der Waals surface area contributed by atoms with Crippen LogP contribution in [0.15, 0.2) is 18.2 Å². The van der Waals surface area contributed by atoms with Gasteiger partial charge in [-0.05, 0) is 23.8 Å². The van der Waals surface area contributed by atoms with Crippen molar-refractivity contribution < 1.29 is 18.0 Å². The van der Waals surface area contributed by atoms with E-state index in [0.29, 0.717) is 5.56 Å². The zero-order valence-corrected chi connectivity index (χ0v) is 9.27. The maximum absolute atomic E-state index is 12.6. The number of nitrogens with one attached hydrogen (secondary N) is 1. The summed E-state index contributed by atoms with van der Waals surface area (Å²) in [6, 6.07) is 3.30. The number of benzene rings is 1. The topological polar surface area (TPSA) is 55.1 Å². The summed E-state index contributed by atoms with van der Waals surface area (Å²) in [6.07, 6.45) is -4.24. The van der Waals surface area contributed by atoms with Crippen molar-refractivity contribution in [2.24, 2.45) is 5.73 Å². The minimum Gasteiger partial charge on any atom is -0.326 e. The number of halogens is 3. The van der Waals surface area contributed by atoms with Crippen molar-refractivity contribution in [3.05, 3.63) is 29.3 Å². The van der Waals surface area contributed by atoms with Crippen molar-refractivity contribution in [2.75, 3.05) is 5.32 Å². The molecule has 0 atom stereocenters. The first kappa shape index (κ1) is 13.5. The molecule has 0 unspecified atom stereocenters. The molecule has 0 bridgehead atoms. The molecule has 1 amide bonds. The van der Waals surface area contributed by atoms with E-state index in [2.05, 4.69) is 5.32 Å². The van der Waals surface area contributed by atoms with Crippen LogP contribution in [0.5, 0.6) is 0 Å². The van der Waals surface area contributed by atoms with E-state index in [1.165, 1.54) is 6.07 Å². The molecule has 3 N–H and O–H groups in total. The number of amides is 1. The molecule has 0 aromatic heterocycles. The zero-order valence-electron chi connectivity index (χ0n) is 9.27. The van der Waals surface area contributed by atoms with Gasteiger partial charge in [-0.25, -0.2) is 0 Å². The van der Waals surface area contributed by atoms with Gasteiger partial charge in [-0.1, -0.05) is 6.92 Å². The smallest absolute Gasteiger partial charge is 0.326 e. The molecule has 0 spiro atoms. The maximum Gasteiger partial charge on any atom is 0.416 e. The van der Waals surface area contributed by atoms with Crippen molar-refractivity contribution in [1.82, 2.24) is 0 Å². The largest absolute Gasteiger partial charge is 0.416 e. The Bertz CT molecular complexity index is 416. The van der Waals surface area contributed by atoms with Crippen LogP contribution in [-0.4, -0.2) is 5.91 Å². The lowest BCUT2D eigenvalue weighted by molar-refractivity contribution is -0.137. The van der Waals surface area contributed by atoms with Gasteiger partial charge >= 0.3 is 6.18 Å². The number of hydrogen-bond donors (Lipinski definition) is 2. The van der Waals surface area contributed by atoms with Gasteiger partial charge in [0, 0.05) is 18.7 Å². The van der Waals surface area contributed by atoms with E-state index in [9.17, 15) is 18.0 Å². The van der Waals surface area contributed by atoms with Gasteiger partial charge in [0.2, 0.25) is 5.91 Å². The summed E-state index contributed by atoms with van der Waals surface area (Å²) < 4.78 is 37.7. The molecule has 0 fully saturated rings. The Kier molecular flexibility index (Phi) is 4.11. The first-order valence-electron chi connectivity index (χ1n) is 5.08. The van der Waals surface area contributed by atoms with Crippen LogP contribution < -0.4 is 11.1 Å². The van der Waals surface area contributed by atoms with Crippen LogP contribution in [0, 0.1) is 0 Å². The third-order valence-corrected chi connectivity index (χ3v) is 2.16. The van der Waals surface area contributed by atoms with Crippen LogP contribution in [0.1, 0.15) is 24.5 Å². The lowest BCUT2D eigenvalue weighted by Crippen LogP contribution is -2.13. The first-order valence-corrected chi connectivity index (χ1v) is 5.08. The number of nitrogens with two attached hydrogens (primary N) is 1. The van der Waals surface area contributed by atoms with E-state index < -0.39 is 11.7 Å². The fourth-order valence-corrected chi connectivity index (χ4v) is 1.30. The normalized spacial score (nSPS) is 11.4. The first-order chi connectivity index (χ1) is 7.86. The summed E-state index contributed by atoms with van der Waals surface area (Å²) in [6.45, 7) is 1.60. The van der Waals surface area contributed by atoms with Crippen molar-refractivity contribution in [1.29, 1.82) is 0 Å². The molecule has 1 rings (SSSR count). The number of anilines is 1. The van der Waals surface area contributed by atoms with Crippen LogP contribution >= 0.6 is 0 Å². The van der Waals surface area contributed by atoms with E-state index >= 15 is 0 Å². The summed E-state index contributed by atoms with van der Waals surface area (Å²) in [5.41, 5.74) is 4.94. The minimum absolute atomic E-state index is 0.0150.